The number of piperidine rings is 1. The summed E-state index contributed by atoms with van der Waals surface area (Å²) in [6.45, 7) is 5.80. The van der Waals surface area contributed by atoms with E-state index in [2.05, 4.69) is 15.2 Å². The number of methoxy groups -OCH3 is 1. The van der Waals surface area contributed by atoms with Gasteiger partial charge in [0, 0.05) is 38.7 Å². The molecule has 1 saturated heterocycles. The van der Waals surface area contributed by atoms with Gasteiger partial charge >= 0.3 is 0 Å². The van der Waals surface area contributed by atoms with E-state index < -0.39 is 5.82 Å². The van der Waals surface area contributed by atoms with Gasteiger partial charge in [0.15, 0.2) is 0 Å². The summed E-state index contributed by atoms with van der Waals surface area (Å²) in [5.74, 6) is 1.03. The monoisotopic (exact) mass is 361 g/mol. The van der Waals surface area contributed by atoms with E-state index in [-0.39, 0.29) is 17.8 Å². The van der Waals surface area contributed by atoms with E-state index in [0.29, 0.717) is 23.6 Å². The highest BCUT2D eigenvalue weighted by Crippen LogP contribution is 2.28. The highest BCUT2D eigenvalue weighted by Gasteiger charge is 2.22. The molecular weight excluding hydrogens is 337 g/mol. The summed E-state index contributed by atoms with van der Waals surface area (Å²) in [7, 11) is 1.50. The first-order valence-corrected chi connectivity index (χ1v) is 8.76. The van der Waals surface area contributed by atoms with Gasteiger partial charge in [-0.05, 0) is 31.9 Å². The Morgan fingerprint density at radius 3 is 2.77 bits per heavy atom. The molecule has 26 heavy (non-hydrogen) atoms. The SMILES string of the molecule is COc1ccc(-c2nc(CN3CCC(NC(C)=O)CC3)c(C)o2)c(F)c1. The molecule has 1 aliphatic rings. The van der Waals surface area contributed by atoms with Crippen molar-refractivity contribution in [2.24, 2.45) is 0 Å². The number of nitrogens with zero attached hydrogens (tertiary/aromatic N) is 2. The number of oxazole rings is 1. The predicted octanol–water partition coefficient (Wildman–Crippen LogP) is 2.90. The molecule has 6 nitrogen and oxygen atoms in total. The number of aromatic nitrogens is 1. The van der Waals surface area contributed by atoms with Crippen LogP contribution in [0.4, 0.5) is 4.39 Å². The summed E-state index contributed by atoms with van der Waals surface area (Å²) in [5.41, 5.74) is 1.14. The third-order valence-corrected chi connectivity index (χ3v) is 4.67. The number of likely N-dealkylation sites (tertiary alicyclic amines) is 1. The van der Waals surface area contributed by atoms with Crippen LogP contribution in [-0.2, 0) is 11.3 Å². The van der Waals surface area contributed by atoms with Crippen LogP contribution in [0.25, 0.3) is 11.5 Å². The molecule has 0 aliphatic carbocycles. The molecule has 1 amide bonds. The van der Waals surface area contributed by atoms with Gasteiger partial charge in [-0.25, -0.2) is 9.37 Å². The summed E-state index contributed by atoms with van der Waals surface area (Å²) in [4.78, 5) is 17.9. The molecule has 0 bridgehead atoms. The number of carbonyl (C=O) groups is 1. The standard InChI is InChI=1S/C19H24FN3O3/c1-12-18(11-23-8-6-14(7-9-23)21-13(2)24)22-19(26-12)16-5-4-15(25-3)10-17(16)20/h4-5,10,14H,6-9,11H2,1-3H3,(H,21,24). The van der Waals surface area contributed by atoms with Crippen molar-refractivity contribution in [3.63, 3.8) is 0 Å². The molecule has 0 radical (unpaired) electrons. The van der Waals surface area contributed by atoms with Crippen LogP contribution < -0.4 is 10.1 Å². The molecule has 3 rings (SSSR count). The van der Waals surface area contributed by atoms with Crippen LogP contribution in [0.15, 0.2) is 22.6 Å². The van der Waals surface area contributed by atoms with Crippen LogP contribution in [-0.4, -0.2) is 42.0 Å². The van der Waals surface area contributed by atoms with Crippen LogP contribution in [0, 0.1) is 12.7 Å². The number of benzene rings is 1. The Morgan fingerprint density at radius 2 is 2.15 bits per heavy atom. The Hall–Kier alpha value is -2.41. The maximum Gasteiger partial charge on any atom is 0.229 e. The number of aryl methyl sites for hydroxylation is 1. The van der Waals surface area contributed by atoms with Gasteiger partial charge in [-0.3, -0.25) is 9.69 Å². The summed E-state index contributed by atoms with van der Waals surface area (Å²) >= 11 is 0. The van der Waals surface area contributed by atoms with Crippen molar-refractivity contribution in [2.75, 3.05) is 20.2 Å². The normalized spacial score (nSPS) is 15.8. The molecule has 0 atom stereocenters. The van der Waals surface area contributed by atoms with E-state index in [1.54, 1.807) is 19.1 Å². The summed E-state index contributed by atoms with van der Waals surface area (Å²) in [6, 6.07) is 4.86. The highest BCUT2D eigenvalue weighted by molar-refractivity contribution is 5.73. The van der Waals surface area contributed by atoms with E-state index in [4.69, 9.17) is 9.15 Å². The number of hydrogen-bond donors (Lipinski definition) is 1. The topological polar surface area (TPSA) is 67.6 Å². The second kappa shape index (κ2) is 7.86. The molecule has 1 N–H and O–H groups in total. The van der Waals surface area contributed by atoms with Gasteiger partial charge in [0.2, 0.25) is 11.8 Å². The lowest BCUT2D eigenvalue weighted by molar-refractivity contribution is -0.119. The highest BCUT2D eigenvalue weighted by atomic mass is 19.1. The molecule has 0 saturated carbocycles. The Bertz CT molecular complexity index is 782. The molecule has 140 valence electrons. The number of halogens is 1. The van der Waals surface area contributed by atoms with E-state index in [1.807, 2.05) is 6.92 Å². The van der Waals surface area contributed by atoms with Crippen molar-refractivity contribution in [1.82, 2.24) is 15.2 Å². The minimum absolute atomic E-state index is 0.0157. The van der Waals surface area contributed by atoms with Gasteiger partial charge in [-0.15, -0.1) is 0 Å². The van der Waals surface area contributed by atoms with Crippen LogP contribution in [0.2, 0.25) is 0 Å². The van der Waals surface area contributed by atoms with Crippen molar-refractivity contribution in [3.05, 3.63) is 35.5 Å². The second-order valence-electron chi connectivity index (χ2n) is 6.62. The second-order valence-corrected chi connectivity index (χ2v) is 6.62. The summed E-state index contributed by atoms with van der Waals surface area (Å²) in [6.07, 6.45) is 1.83. The fourth-order valence-electron chi connectivity index (χ4n) is 3.22. The maximum atomic E-state index is 14.2. The molecule has 1 aromatic carbocycles. The molecule has 2 aromatic rings. The average Bonchev–Trinajstić information content (AvgIpc) is 2.96. The zero-order valence-corrected chi connectivity index (χ0v) is 15.3. The lowest BCUT2D eigenvalue weighted by Crippen LogP contribution is -2.43. The third kappa shape index (κ3) is 4.22. The number of nitrogens with one attached hydrogen (secondary N) is 1. The number of rotatable bonds is 5. The molecular formula is C19H24FN3O3. The van der Waals surface area contributed by atoms with Crippen LogP contribution in [0.5, 0.6) is 5.75 Å². The van der Waals surface area contributed by atoms with Crippen molar-refractivity contribution < 1.29 is 18.3 Å². The van der Waals surface area contributed by atoms with E-state index in [9.17, 15) is 9.18 Å². The van der Waals surface area contributed by atoms with Crippen molar-refractivity contribution in [1.29, 1.82) is 0 Å². The fourth-order valence-corrected chi connectivity index (χ4v) is 3.22. The van der Waals surface area contributed by atoms with Gasteiger partial charge in [0.25, 0.3) is 0 Å². The lowest BCUT2D eigenvalue weighted by Gasteiger charge is -2.31. The van der Waals surface area contributed by atoms with Gasteiger partial charge in [0.05, 0.1) is 18.4 Å². The van der Waals surface area contributed by atoms with E-state index >= 15 is 0 Å². The van der Waals surface area contributed by atoms with Crippen molar-refractivity contribution >= 4 is 5.91 Å². The molecule has 7 heteroatoms. The smallest absolute Gasteiger partial charge is 0.229 e. The Kier molecular flexibility index (Phi) is 5.56. The first kappa shape index (κ1) is 18.4. The minimum atomic E-state index is -0.423. The number of ether oxygens (including phenoxy) is 1. The predicted molar refractivity (Wildman–Crippen MR) is 95.3 cm³/mol. The van der Waals surface area contributed by atoms with Crippen molar-refractivity contribution in [3.8, 4) is 17.2 Å². The van der Waals surface area contributed by atoms with Gasteiger partial charge in [-0.1, -0.05) is 0 Å². The first-order valence-electron chi connectivity index (χ1n) is 8.76. The molecule has 1 fully saturated rings. The van der Waals surface area contributed by atoms with Crippen LogP contribution in [0.3, 0.4) is 0 Å². The Morgan fingerprint density at radius 1 is 1.42 bits per heavy atom. The minimum Gasteiger partial charge on any atom is -0.497 e. The zero-order chi connectivity index (χ0) is 18.7. The van der Waals surface area contributed by atoms with Crippen molar-refractivity contribution in [2.45, 2.75) is 39.3 Å². The zero-order valence-electron chi connectivity index (χ0n) is 15.3. The number of hydrogen-bond acceptors (Lipinski definition) is 5. The number of carbonyl (C=O) groups excluding carboxylic acids is 1. The average molecular weight is 361 g/mol. The van der Waals surface area contributed by atoms with E-state index in [1.165, 1.54) is 13.2 Å². The molecule has 0 unspecified atom stereocenters. The molecule has 2 heterocycles. The Labute approximate surface area is 152 Å². The fraction of sp³-hybridized carbons (Fsp3) is 0.474. The summed E-state index contributed by atoms with van der Waals surface area (Å²) in [5, 5.41) is 2.97. The third-order valence-electron chi connectivity index (χ3n) is 4.67. The van der Waals surface area contributed by atoms with Gasteiger partial charge in [-0.2, -0.15) is 0 Å². The van der Waals surface area contributed by atoms with Crippen LogP contribution in [0.1, 0.15) is 31.2 Å². The number of amides is 1. The Balaban J connectivity index is 1.67. The maximum absolute atomic E-state index is 14.2. The van der Waals surface area contributed by atoms with Gasteiger partial charge < -0.3 is 14.5 Å². The van der Waals surface area contributed by atoms with Crippen LogP contribution >= 0.6 is 0 Å². The molecule has 0 spiro atoms. The molecule has 1 aromatic heterocycles. The molecule has 1 aliphatic heterocycles. The van der Waals surface area contributed by atoms with E-state index in [0.717, 1.165) is 31.6 Å². The largest absolute Gasteiger partial charge is 0.497 e. The summed E-state index contributed by atoms with van der Waals surface area (Å²) < 4.78 is 25.0. The van der Waals surface area contributed by atoms with Gasteiger partial charge in [0.1, 0.15) is 17.3 Å². The quantitative estimate of drug-likeness (QED) is 0.887. The lowest BCUT2D eigenvalue weighted by atomic mass is 10.0. The first-order chi connectivity index (χ1) is 12.5.